The van der Waals surface area contributed by atoms with E-state index in [1.807, 2.05) is 26.0 Å². The lowest BCUT2D eigenvalue weighted by atomic mass is 9.65. The topological polar surface area (TPSA) is 147 Å². The first kappa shape index (κ1) is 35.1. The highest BCUT2D eigenvalue weighted by Gasteiger charge is 2.62. The zero-order valence-corrected chi connectivity index (χ0v) is 28.6. The third kappa shape index (κ3) is 7.26. The SMILES string of the molecule is C/C1=C\[C@H](OC(=O)c2cccnc2)[C@@]2(COC(=O)c3ccccc3)CC=C(C(C)(C)OO)[C@@H]2[C@H](OC(=O)c2cccnc2)C[C@]2(C)O[C@H]2CC1. The largest absolute Gasteiger partial charge is 0.461 e. The van der Waals surface area contributed by atoms with Gasteiger partial charge in [0.15, 0.2) is 0 Å². The zero-order chi connectivity index (χ0) is 35.5. The summed E-state index contributed by atoms with van der Waals surface area (Å²) in [5, 5.41) is 10.3. The summed E-state index contributed by atoms with van der Waals surface area (Å²) in [6.07, 6.45) is 9.59. The first-order valence-electron chi connectivity index (χ1n) is 16.8. The maximum Gasteiger partial charge on any atom is 0.340 e. The van der Waals surface area contributed by atoms with Crippen LogP contribution in [0.1, 0.15) is 84.5 Å². The second-order valence-electron chi connectivity index (χ2n) is 14.0. The van der Waals surface area contributed by atoms with Crippen LogP contribution < -0.4 is 0 Å². The molecule has 6 atom stereocenters. The lowest BCUT2D eigenvalue weighted by molar-refractivity contribution is -0.303. The maximum atomic E-state index is 13.8. The van der Waals surface area contributed by atoms with Gasteiger partial charge in [0.1, 0.15) is 24.4 Å². The van der Waals surface area contributed by atoms with Gasteiger partial charge < -0.3 is 18.9 Å². The van der Waals surface area contributed by atoms with Crippen LogP contribution in [0.5, 0.6) is 0 Å². The number of rotatable bonds is 9. The van der Waals surface area contributed by atoms with Crippen molar-refractivity contribution >= 4 is 17.9 Å². The number of epoxide rings is 1. The summed E-state index contributed by atoms with van der Waals surface area (Å²) in [6, 6.07) is 15.1. The Morgan fingerprint density at radius 1 is 0.920 bits per heavy atom. The van der Waals surface area contributed by atoms with Gasteiger partial charge in [-0.15, -0.1) is 0 Å². The van der Waals surface area contributed by atoms with Crippen LogP contribution in [0.3, 0.4) is 0 Å². The summed E-state index contributed by atoms with van der Waals surface area (Å²) in [4.78, 5) is 54.5. The summed E-state index contributed by atoms with van der Waals surface area (Å²) in [6.45, 7) is 7.12. The van der Waals surface area contributed by atoms with Crippen molar-refractivity contribution in [2.45, 2.75) is 82.9 Å². The molecule has 0 unspecified atom stereocenters. The van der Waals surface area contributed by atoms with Crippen molar-refractivity contribution in [2.24, 2.45) is 11.3 Å². The van der Waals surface area contributed by atoms with Crippen molar-refractivity contribution in [3.05, 3.63) is 119 Å². The molecule has 2 aromatic heterocycles. The van der Waals surface area contributed by atoms with E-state index in [9.17, 15) is 19.6 Å². The van der Waals surface area contributed by atoms with E-state index in [1.54, 1.807) is 80.8 Å². The maximum absolute atomic E-state index is 13.8. The molecule has 2 aliphatic carbocycles. The summed E-state index contributed by atoms with van der Waals surface area (Å²) >= 11 is 0. The van der Waals surface area contributed by atoms with E-state index in [-0.39, 0.29) is 36.7 Å². The van der Waals surface area contributed by atoms with Crippen LogP contribution in [0.4, 0.5) is 0 Å². The molecule has 3 heterocycles. The molecular weight excluding hydrogens is 640 g/mol. The van der Waals surface area contributed by atoms with Gasteiger partial charge in [-0.05, 0) is 95.0 Å². The third-order valence-corrected chi connectivity index (χ3v) is 10.2. The number of carbonyl (C=O) groups excluding carboxylic acids is 3. The van der Waals surface area contributed by atoms with Crippen molar-refractivity contribution in [1.82, 2.24) is 9.97 Å². The molecule has 1 N–H and O–H groups in total. The fourth-order valence-electron chi connectivity index (χ4n) is 7.32. The quantitative estimate of drug-likeness (QED) is 0.0653. The number of allylic oxidation sites excluding steroid dienone is 2. The van der Waals surface area contributed by atoms with Crippen LogP contribution in [0.2, 0.25) is 0 Å². The summed E-state index contributed by atoms with van der Waals surface area (Å²) in [5.74, 6) is -2.61. The number of benzene rings is 1. The van der Waals surface area contributed by atoms with Crippen LogP contribution in [0.15, 0.2) is 103 Å². The van der Waals surface area contributed by atoms with Crippen molar-refractivity contribution in [3.8, 4) is 0 Å². The van der Waals surface area contributed by atoms with Gasteiger partial charge in [-0.2, -0.15) is 0 Å². The average molecular weight is 683 g/mol. The molecule has 3 aromatic rings. The predicted octanol–water partition coefficient (Wildman–Crippen LogP) is 6.57. The molecule has 11 heteroatoms. The molecule has 262 valence electrons. The summed E-state index contributed by atoms with van der Waals surface area (Å²) in [7, 11) is 0. The van der Waals surface area contributed by atoms with Gasteiger partial charge >= 0.3 is 17.9 Å². The Balaban J connectivity index is 1.51. The Labute approximate surface area is 291 Å². The van der Waals surface area contributed by atoms with Crippen LogP contribution in [-0.4, -0.2) is 69.3 Å². The Morgan fingerprint density at radius 3 is 2.18 bits per heavy atom. The minimum absolute atomic E-state index is 0.110. The highest BCUT2D eigenvalue weighted by atomic mass is 17.1. The molecule has 0 amide bonds. The van der Waals surface area contributed by atoms with Crippen LogP contribution in [0.25, 0.3) is 0 Å². The van der Waals surface area contributed by atoms with Crippen molar-refractivity contribution in [1.29, 1.82) is 0 Å². The number of ether oxygens (including phenoxy) is 4. The van der Waals surface area contributed by atoms with E-state index in [0.29, 0.717) is 24.0 Å². The Morgan fingerprint density at radius 2 is 1.56 bits per heavy atom. The predicted molar refractivity (Wildman–Crippen MR) is 181 cm³/mol. The number of hydrogen-bond acceptors (Lipinski definition) is 11. The molecule has 3 aliphatic rings. The molecule has 0 radical (unpaired) electrons. The van der Waals surface area contributed by atoms with E-state index in [4.69, 9.17) is 23.8 Å². The number of pyridine rings is 2. The lowest BCUT2D eigenvalue weighted by Gasteiger charge is -2.46. The van der Waals surface area contributed by atoms with E-state index >= 15 is 0 Å². The van der Waals surface area contributed by atoms with Gasteiger partial charge in [-0.3, -0.25) is 15.2 Å². The number of hydrogen-bond donors (Lipinski definition) is 1. The van der Waals surface area contributed by atoms with Crippen LogP contribution >= 0.6 is 0 Å². The molecule has 6 rings (SSSR count). The minimum atomic E-state index is -1.28. The van der Waals surface area contributed by atoms with Crippen molar-refractivity contribution < 1.29 is 43.5 Å². The Kier molecular flexibility index (Phi) is 10.0. The first-order chi connectivity index (χ1) is 24.0. The molecule has 1 fully saturated rings. The smallest absolute Gasteiger partial charge is 0.340 e. The molecule has 0 spiro atoms. The second-order valence-corrected chi connectivity index (χ2v) is 14.0. The number of fused-ring (bicyclic) bond motifs is 2. The molecule has 11 nitrogen and oxygen atoms in total. The molecular formula is C39H42N2O9. The number of nitrogens with zero attached hydrogens (tertiary/aromatic N) is 2. The molecule has 1 aliphatic heterocycles. The second kappa shape index (κ2) is 14.3. The minimum Gasteiger partial charge on any atom is -0.461 e. The zero-order valence-electron chi connectivity index (χ0n) is 28.6. The van der Waals surface area contributed by atoms with Crippen LogP contribution in [-0.2, 0) is 23.8 Å². The standard InChI is InChI=1S/C39H42N2O9/c1-25-14-15-31-38(4,49-31)21-30(47-35(43)27-12-8-18-40-22-27)33-29(37(2,3)50-45)16-17-39(33,24-46-34(42)26-10-6-5-7-11-26)32(20-25)48-36(44)28-13-9-19-41-23-28/h5-13,16,18-20,22-23,30-33,45H,14-15,17,21,24H2,1-4H3/b25-20+/t30-,31+,32+,33-,38+,39+/m1/s1. The van der Waals surface area contributed by atoms with Crippen molar-refractivity contribution in [2.75, 3.05) is 6.61 Å². The number of carbonyl (C=O) groups is 3. The van der Waals surface area contributed by atoms with Gasteiger partial charge in [0.05, 0.1) is 33.8 Å². The summed E-state index contributed by atoms with van der Waals surface area (Å²) in [5.41, 5.74) is -0.790. The Bertz CT molecular complexity index is 1760. The molecule has 0 bridgehead atoms. The summed E-state index contributed by atoms with van der Waals surface area (Å²) < 4.78 is 25.2. The van der Waals surface area contributed by atoms with Crippen LogP contribution in [0, 0.1) is 11.3 Å². The number of esters is 3. The molecule has 1 aromatic carbocycles. The highest BCUT2D eigenvalue weighted by Crippen LogP contribution is 2.57. The monoisotopic (exact) mass is 682 g/mol. The lowest BCUT2D eigenvalue weighted by Crippen LogP contribution is -2.53. The van der Waals surface area contributed by atoms with Crippen molar-refractivity contribution in [3.63, 3.8) is 0 Å². The molecule has 1 saturated heterocycles. The van der Waals surface area contributed by atoms with E-state index < -0.39 is 52.7 Å². The average Bonchev–Trinajstić information content (AvgIpc) is 3.60. The van der Waals surface area contributed by atoms with E-state index in [1.165, 1.54) is 12.4 Å². The van der Waals surface area contributed by atoms with Gasteiger partial charge in [-0.25, -0.2) is 19.3 Å². The third-order valence-electron chi connectivity index (χ3n) is 10.2. The molecule has 50 heavy (non-hydrogen) atoms. The fourth-order valence-corrected chi connectivity index (χ4v) is 7.32. The molecule has 0 saturated carbocycles. The highest BCUT2D eigenvalue weighted by molar-refractivity contribution is 5.90. The van der Waals surface area contributed by atoms with E-state index in [0.717, 1.165) is 5.57 Å². The Hall–Kier alpha value is -4.71. The van der Waals surface area contributed by atoms with E-state index in [2.05, 4.69) is 9.97 Å². The van der Waals surface area contributed by atoms with Gasteiger partial charge in [0, 0.05) is 37.1 Å². The van der Waals surface area contributed by atoms with Gasteiger partial charge in [-0.1, -0.05) is 29.8 Å². The van der Waals surface area contributed by atoms with Gasteiger partial charge in [0.2, 0.25) is 0 Å². The first-order valence-corrected chi connectivity index (χ1v) is 16.8. The van der Waals surface area contributed by atoms with Gasteiger partial charge in [0.25, 0.3) is 0 Å². The fraction of sp³-hybridized carbons (Fsp3) is 0.410. The normalized spacial score (nSPS) is 28.7. The number of aromatic nitrogens is 2.